The summed E-state index contributed by atoms with van der Waals surface area (Å²) in [7, 11) is 0. The standard InChI is InChI=1S/C7H9N.CH2O2/c1-6-2-4-7(8)5-3-6;2-1-3/h2-5H,8H2,1H3;1H,(H,2,3). The second-order valence-corrected chi connectivity index (χ2v) is 2.02. The normalized spacial score (nSPS) is 7.73. The van der Waals surface area contributed by atoms with Gasteiger partial charge in [-0.05, 0) is 19.1 Å². The van der Waals surface area contributed by atoms with E-state index in [0.29, 0.717) is 0 Å². The Balaban J connectivity index is 0.000000292. The average Bonchev–Trinajstić information content (AvgIpc) is 1.97. The summed E-state index contributed by atoms with van der Waals surface area (Å²) in [5.74, 6) is 0. The smallest absolute Gasteiger partial charge is 0.290 e. The summed E-state index contributed by atoms with van der Waals surface area (Å²) in [4.78, 5) is 8.36. The van der Waals surface area contributed by atoms with E-state index in [-0.39, 0.29) is 6.47 Å². The van der Waals surface area contributed by atoms with E-state index in [1.807, 2.05) is 31.2 Å². The Morgan fingerprint density at radius 1 is 1.36 bits per heavy atom. The number of aryl methyl sites for hydroxylation is 1. The number of rotatable bonds is 0. The number of benzene rings is 1. The van der Waals surface area contributed by atoms with Crippen molar-refractivity contribution in [3.05, 3.63) is 29.8 Å². The molecule has 0 atom stereocenters. The molecule has 1 rings (SSSR count). The van der Waals surface area contributed by atoms with Gasteiger partial charge in [0.05, 0.1) is 0 Å². The van der Waals surface area contributed by atoms with Crippen molar-refractivity contribution in [2.45, 2.75) is 6.92 Å². The summed E-state index contributed by atoms with van der Waals surface area (Å²) < 4.78 is 0. The van der Waals surface area contributed by atoms with Crippen LogP contribution in [-0.2, 0) is 4.79 Å². The van der Waals surface area contributed by atoms with Crippen molar-refractivity contribution in [3.63, 3.8) is 0 Å². The number of hydrogen-bond donors (Lipinski definition) is 2. The molecule has 0 spiro atoms. The van der Waals surface area contributed by atoms with E-state index in [9.17, 15) is 0 Å². The average molecular weight is 153 g/mol. The van der Waals surface area contributed by atoms with Crippen molar-refractivity contribution in [2.24, 2.45) is 0 Å². The van der Waals surface area contributed by atoms with Gasteiger partial charge in [-0.1, -0.05) is 17.7 Å². The molecule has 0 aliphatic heterocycles. The molecular weight excluding hydrogens is 142 g/mol. The fourth-order valence-corrected chi connectivity index (χ4v) is 0.566. The number of nitrogens with two attached hydrogens (primary N) is 1. The van der Waals surface area contributed by atoms with E-state index < -0.39 is 0 Å². The van der Waals surface area contributed by atoms with Crippen molar-refractivity contribution in [3.8, 4) is 0 Å². The minimum atomic E-state index is -0.250. The third-order valence-corrected chi connectivity index (χ3v) is 1.08. The van der Waals surface area contributed by atoms with Crippen LogP contribution in [0.15, 0.2) is 24.3 Å². The lowest BCUT2D eigenvalue weighted by atomic mass is 10.2. The maximum atomic E-state index is 8.36. The third-order valence-electron chi connectivity index (χ3n) is 1.08. The lowest BCUT2D eigenvalue weighted by molar-refractivity contribution is -0.122. The van der Waals surface area contributed by atoms with Crippen LogP contribution in [0.1, 0.15) is 5.56 Å². The predicted molar refractivity (Wildman–Crippen MR) is 44.3 cm³/mol. The first-order valence-corrected chi connectivity index (χ1v) is 3.10. The van der Waals surface area contributed by atoms with Crippen LogP contribution >= 0.6 is 0 Å². The molecule has 0 amide bonds. The van der Waals surface area contributed by atoms with Gasteiger partial charge in [0.1, 0.15) is 0 Å². The van der Waals surface area contributed by atoms with Crippen LogP contribution in [-0.4, -0.2) is 11.6 Å². The van der Waals surface area contributed by atoms with Gasteiger partial charge in [0.25, 0.3) is 6.47 Å². The molecule has 0 heterocycles. The van der Waals surface area contributed by atoms with Gasteiger partial charge in [0.15, 0.2) is 0 Å². The van der Waals surface area contributed by atoms with E-state index in [1.54, 1.807) is 0 Å². The molecule has 3 heteroatoms. The fraction of sp³-hybridized carbons (Fsp3) is 0.125. The topological polar surface area (TPSA) is 63.3 Å². The van der Waals surface area contributed by atoms with E-state index >= 15 is 0 Å². The third kappa shape index (κ3) is 4.96. The minimum absolute atomic E-state index is 0.250. The van der Waals surface area contributed by atoms with Crippen LogP contribution in [0.3, 0.4) is 0 Å². The number of hydrogen-bond acceptors (Lipinski definition) is 2. The molecule has 60 valence electrons. The van der Waals surface area contributed by atoms with Gasteiger partial charge >= 0.3 is 0 Å². The first kappa shape index (κ1) is 9.49. The molecule has 0 bridgehead atoms. The second kappa shape index (κ2) is 5.29. The molecule has 1 aromatic carbocycles. The summed E-state index contributed by atoms with van der Waals surface area (Å²) in [6.07, 6.45) is 0. The lowest BCUT2D eigenvalue weighted by Gasteiger charge is -1.90. The first-order chi connectivity index (χ1) is 5.20. The van der Waals surface area contributed by atoms with E-state index in [1.165, 1.54) is 5.56 Å². The highest BCUT2D eigenvalue weighted by Gasteiger charge is 1.80. The largest absolute Gasteiger partial charge is 0.483 e. The van der Waals surface area contributed by atoms with Crippen LogP contribution in [0, 0.1) is 6.92 Å². The van der Waals surface area contributed by atoms with Crippen LogP contribution < -0.4 is 5.73 Å². The lowest BCUT2D eigenvalue weighted by Crippen LogP contribution is -1.81. The summed E-state index contributed by atoms with van der Waals surface area (Å²) in [6, 6.07) is 7.79. The van der Waals surface area contributed by atoms with Crippen LogP contribution in [0.2, 0.25) is 0 Å². The van der Waals surface area contributed by atoms with Crippen molar-refractivity contribution in [1.82, 2.24) is 0 Å². The Morgan fingerprint density at radius 2 is 1.73 bits per heavy atom. The van der Waals surface area contributed by atoms with Gasteiger partial charge < -0.3 is 10.8 Å². The molecule has 0 fully saturated rings. The van der Waals surface area contributed by atoms with Crippen molar-refractivity contribution >= 4 is 12.2 Å². The van der Waals surface area contributed by atoms with Crippen LogP contribution in [0.4, 0.5) is 5.69 Å². The highest BCUT2D eigenvalue weighted by atomic mass is 16.3. The summed E-state index contributed by atoms with van der Waals surface area (Å²) in [5, 5.41) is 6.89. The zero-order valence-electron chi connectivity index (χ0n) is 6.32. The van der Waals surface area contributed by atoms with Gasteiger partial charge in [-0.15, -0.1) is 0 Å². The number of anilines is 1. The molecule has 3 N–H and O–H groups in total. The van der Waals surface area contributed by atoms with E-state index in [0.717, 1.165) is 5.69 Å². The molecule has 0 aliphatic carbocycles. The molecule has 1 aromatic rings. The molecule has 0 radical (unpaired) electrons. The molecule has 0 aliphatic rings. The van der Waals surface area contributed by atoms with Crippen molar-refractivity contribution in [2.75, 3.05) is 5.73 Å². The van der Waals surface area contributed by atoms with Gasteiger partial charge in [-0.2, -0.15) is 0 Å². The zero-order valence-corrected chi connectivity index (χ0v) is 6.32. The van der Waals surface area contributed by atoms with E-state index in [4.69, 9.17) is 15.6 Å². The maximum Gasteiger partial charge on any atom is 0.290 e. The Morgan fingerprint density at radius 3 is 2.00 bits per heavy atom. The molecule has 11 heavy (non-hydrogen) atoms. The summed E-state index contributed by atoms with van der Waals surface area (Å²) in [5.41, 5.74) is 7.51. The first-order valence-electron chi connectivity index (χ1n) is 3.10. The molecule has 0 unspecified atom stereocenters. The molecule has 0 saturated carbocycles. The minimum Gasteiger partial charge on any atom is -0.483 e. The molecule has 3 nitrogen and oxygen atoms in total. The Labute approximate surface area is 65.5 Å². The van der Waals surface area contributed by atoms with Gasteiger partial charge in [0, 0.05) is 5.69 Å². The van der Waals surface area contributed by atoms with E-state index in [2.05, 4.69) is 0 Å². The van der Waals surface area contributed by atoms with Crippen molar-refractivity contribution in [1.29, 1.82) is 0 Å². The number of nitrogen functional groups attached to an aromatic ring is 1. The fourth-order valence-electron chi connectivity index (χ4n) is 0.566. The second-order valence-electron chi connectivity index (χ2n) is 2.02. The highest BCUT2D eigenvalue weighted by molar-refractivity contribution is 5.38. The predicted octanol–water partition coefficient (Wildman–Crippen LogP) is 1.28. The molecule has 0 aromatic heterocycles. The van der Waals surface area contributed by atoms with Gasteiger partial charge in [-0.3, -0.25) is 4.79 Å². The Bertz CT molecular complexity index is 185. The monoisotopic (exact) mass is 153 g/mol. The van der Waals surface area contributed by atoms with Crippen LogP contribution in [0.5, 0.6) is 0 Å². The van der Waals surface area contributed by atoms with Gasteiger partial charge in [0.2, 0.25) is 0 Å². The summed E-state index contributed by atoms with van der Waals surface area (Å²) >= 11 is 0. The van der Waals surface area contributed by atoms with Crippen molar-refractivity contribution < 1.29 is 9.90 Å². The van der Waals surface area contributed by atoms with Gasteiger partial charge in [-0.25, -0.2) is 0 Å². The maximum absolute atomic E-state index is 8.36. The van der Waals surface area contributed by atoms with Crippen LogP contribution in [0.25, 0.3) is 0 Å². The molecular formula is C8H11NO2. The molecule has 0 saturated heterocycles. The number of carbonyl (C=O) groups is 1. The summed E-state index contributed by atoms with van der Waals surface area (Å²) in [6.45, 7) is 1.79. The Hall–Kier alpha value is -1.51. The quantitative estimate of drug-likeness (QED) is 0.436. The Kier molecular flexibility index (Phi) is 4.56. The number of carboxylic acid groups (broad SMARTS) is 1. The SMILES string of the molecule is Cc1ccc(N)cc1.O=CO. The zero-order chi connectivity index (χ0) is 8.69. The highest BCUT2D eigenvalue weighted by Crippen LogP contribution is 2.02.